The third kappa shape index (κ3) is 3.51. The first-order valence-corrected chi connectivity index (χ1v) is 6.13. The van der Waals surface area contributed by atoms with Crippen molar-refractivity contribution >= 4 is 0 Å². The van der Waals surface area contributed by atoms with Crippen LogP contribution in [0, 0.1) is 5.82 Å². The standard InChI is InChI=1S/C14H20FNO/c1-14(2,3)17-16-13-8-11(9-13)10-5-4-6-12(15)7-10/h4-7,11,13,16H,8-9H2,1-3H3. The van der Waals surface area contributed by atoms with E-state index in [1.54, 1.807) is 12.1 Å². The number of hydroxylamine groups is 1. The maximum absolute atomic E-state index is 13.0. The molecule has 0 aliphatic heterocycles. The summed E-state index contributed by atoms with van der Waals surface area (Å²) in [4.78, 5) is 5.52. The summed E-state index contributed by atoms with van der Waals surface area (Å²) in [6.45, 7) is 6.05. The molecule has 0 heterocycles. The highest BCUT2D eigenvalue weighted by molar-refractivity contribution is 5.23. The largest absolute Gasteiger partial charge is 0.296 e. The van der Waals surface area contributed by atoms with Crippen LogP contribution in [0.25, 0.3) is 0 Å². The maximum atomic E-state index is 13.0. The molecule has 0 radical (unpaired) electrons. The van der Waals surface area contributed by atoms with Crippen LogP contribution < -0.4 is 5.48 Å². The third-order valence-electron chi connectivity index (χ3n) is 2.99. The molecule has 1 aromatic rings. The first kappa shape index (κ1) is 12.5. The van der Waals surface area contributed by atoms with Crippen LogP contribution in [0.3, 0.4) is 0 Å². The van der Waals surface area contributed by atoms with Gasteiger partial charge in [-0.3, -0.25) is 4.84 Å². The lowest BCUT2D eigenvalue weighted by Crippen LogP contribution is -2.43. The Morgan fingerprint density at radius 3 is 2.59 bits per heavy atom. The Morgan fingerprint density at radius 2 is 2.00 bits per heavy atom. The van der Waals surface area contributed by atoms with E-state index in [1.807, 2.05) is 26.8 Å². The molecule has 17 heavy (non-hydrogen) atoms. The zero-order valence-electron chi connectivity index (χ0n) is 10.7. The monoisotopic (exact) mass is 237 g/mol. The molecule has 1 N–H and O–H groups in total. The van der Waals surface area contributed by atoms with Crippen molar-refractivity contribution in [3.8, 4) is 0 Å². The molecule has 94 valence electrons. The van der Waals surface area contributed by atoms with E-state index >= 15 is 0 Å². The van der Waals surface area contributed by atoms with Gasteiger partial charge in [0.25, 0.3) is 0 Å². The highest BCUT2D eigenvalue weighted by Crippen LogP contribution is 2.37. The van der Waals surface area contributed by atoms with Crippen molar-refractivity contribution in [1.29, 1.82) is 0 Å². The van der Waals surface area contributed by atoms with Crippen LogP contribution in [0.1, 0.15) is 45.1 Å². The lowest BCUT2D eigenvalue weighted by molar-refractivity contribution is -0.101. The Bertz CT molecular complexity index is 380. The third-order valence-corrected chi connectivity index (χ3v) is 2.99. The zero-order chi connectivity index (χ0) is 12.5. The second-order valence-corrected chi connectivity index (χ2v) is 5.75. The molecule has 0 aromatic heterocycles. The van der Waals surface area contributed by atoms with Crippen LogP contribution in [-0.4, -0.2) is 11.6 Å². The molecular formula is C14H20FNO. The van der Waals surface area contributed by atoms with E-state index < -0.39 is 0 Å². The molecule has 1 saturated carbocycles. The van der Waals surface area contributed by atoms with Crippen LogP contribution in [0.2, 0.25) is 0 Å². The molecule has 0 amide bonds. The van der Waals surface area contributed by atoms with E-state index in [0.29, 0.717) is 12.0 Å². The maximum Gasteiger partial charge on any atom is 0.123 e. The predicted octanol–water partition coefficient (Wildman–Crippen LogP) is 3.39. The Balaban J connectivity index is 1.79. The molecule has 1 aliphatic carbocycles. The van der Waals surface area contributed by atoms with Gasteiger partial charge < -0.3 is 0 Å². The van der Waals surface area contributed by atoms with Gasteiger partial charge in [-0.1, -0.05) is 12.1 Å². The summed E-state index contributed by atoms with van der Waals surface area (Å²) in [5, 5.41) is 0. The Kier molecular flexibility index (Phi) is 3.50. The average Bonchev–Trinajstić information content (AvgIpc) is 2.13. The fourth-order valence-electron chi connectivity index (χ4n) is 2.01. The van der Waals surface area contributed by atoms with Crippen molar-refractivity contribution in [3.63, 3.8) is 0 Å². The molecular weight excluding hydrogens is 217 g/mol. The van der Waals surface area contributed by atoms with Crippen LogP contribution in [0.15, 0.2) is 24.3 Å². The Hall–Kier alpha value is -0.930. The fourth-order valence-corrected chi connectivity index (χ4v) is 2.01. The summed E-state index contributed by atoms with van der Waals surface area (Å²) >= 11 is 0. The van der Waals surface area contributed by atoms with Gasteiger partial charge in [0.05, 0.1) is 5.60 Å². The summed E-state index contributed by atoms with van der Waals surface area (Å²) in [5.41, 5.74) is 4.01. The van der Waals surface area contributed by atoms with Crippen molar-refractivity contribution in [1.82, 2.24) is 5.48 Å². The predicted molar refractivity (Wildman–Crippen MR) is 66.1 cm³/mol. The number of halogens is 1. The smallest absolute Gasteiger partial charge is 0.123 e. The second kappa shape index (κ2) is 4.75. The van der Waals surface area contributed by atoms with E-state index in [4.69, 9.17) is 4.84 Å². The summed E-state index contributed by atoms with van der Waals surface area (Å²) in [5.74, 6) is 0.316. The quantitative estimate of drug-likeness (QED) is 0.814. The van der Waals surface area contributed by atoms with Crippen molar-refractivity contribution in [3.05, 3.63) is 35.6 Å². The fraction of sp³-hybridized carbons (Fsp3) is 0.571. The molecule has 2 rings (SSSR count). The molecule has 1 aliphatic rings. The summed E-state index contributed by atoms with van der Waals surface area (Å²) in [6, 6.07) is 7.28. The lowest BCUT2D eigenvalue weighted by atomic mass is 9.76. The minimum atomic E-state index is -0.163. The van der Waals surface area contributed by atoms with E-state index in [0.717, 1.165) is 18.4 Å². The number of hydrogen-bond donors (Lipinski definition) is 1. The number of rotatable bonds is 3. The van der Waals surface area contributed by atoms with Crippen molar-refractivity contribution < 1.29 is 9.23 Å². The van der Waals surface area contributed by atoms with Gasteiger partial charge in [0.2, 0.25) is 0 Å². The van der Waals surface area contributed by atoms with Gasteiger partial charge in [0.1, 0.15) is 5.82 Å². The van der Waals surface area contributed by atoms with Gasteiger partial charge in [-0.25, -0.2) is 4.39 Å². The SMILES string of the molecule is CC(C)(C)ONC1CC(c2cccc(F)c2)C1. The minimum Gasteiger partial charge on any atom is -0.296 e. The van der Waals surface area contributed by atoms with E-state index in [-0.39, 0.29) is 11.4 Å². The van der Waals surface area contributed by atoms with Crippen LogP contribution in [0.5, 0.6) is 0 Å². The molecule has 0 unspecified atom stereocenters. The summed E-state index contributed by atoms with van der Waals surface area (Å²) in [6.07, 6.45) is 2.03. The second-order valence-electron chi connectivity index (χ2n) is 5.75. The number of nitrogens with one attached hydrogen (secondary N) is 1. The number of hydrogen-bond acceptors (Lipinski definition) is 2. The Labute approximate surface area is 102 Å². The van der Waals surface area contributed by atoms with Crippen LogP contribution in [-0.2, 0) is 4.84 Å². The first-order chi connectivity index (χ1) is 7.94. The van der Waals surface area contributed by atoms with Gasteiger partial charge in [-0.2, -0.15) is 5.48 Å². The van der Waals surface area contributed by atoms with Gasteiger partial charge in [0, 0.05) is 6.04 Å². The average molecular weight is 237 g/mol. The van der Waals surface area contributed by atoms with Crippen LogP contribution >= 0.6 is 0 Å². The molecule has 3 heteroatoms. The summed E-state index contributed by atoms with van der Waals surface area (Å²) in [7, 11) is 0. The van der Waals surface area contributed by atoms with Gasteiger partial charge in [-0.15, -0.1) is 0 Å². The van der Waals surface area contributed by atoms with Gasteiger partial charge in [-0.05, 0) is 57.2 Å². The highest BCUT2D eigenvalue weighted by Gasteiger charge is 2.31. The molecule has 2 nitrogen and oxygen atoms in total. The lowest BCUT2D eigenvalue weighted by Gasteiger charge is -2.37. The topological polar surface area (TPSA) is 21.3 Å². The molecule has 0 saturated heterocycles. The van der Waals surface area contributed by atoms with E-state index in [9.17, 15) is 4.39 Å². The Morgan fingerprint density at radius 1 is 1.29 bits per heavy atom. The van der Waals surface area contributed by atoms with Gasteiger partial charge in [0.15, 0.2) is 0 Å². The molecule has 0 spiro atoms. The molecule has 1 aromatic carbocycles. The zero-order valence-corrected chi connectivity index (χ0v) is 10.7. The van der Waals surface area contributed by atoms with Crippen molar-refractivity contribution in [2.75, 3.05) is 0 Å². The molecule has 0 atom stereocenters. The van der Waals surface area contributed by atoms with Gasteiger partial charge >= 0.3 is 0 Å². The van der Waals surface area contributed by atoms with E-state index in [2.05, 4.69) is 5.48 Å². The first-order valence-electron chi connectivity index (χ1n) is 6.13. The van der Waals surface area contributed by atoms with Crippen LogP contribution in [0.4, 0.5) is 4.39 Å². The number of benzene rings is 1. The summed E-state index contributed by atoms with van der Waals surface area (Å²) < 4.78 is 13.0. The minimum absolute atomic E-state index is 0.148. The van der Waals surface area contributed by atoms with Crippen molar-refractivity contribution in [2.45, 2.75) is 51.2 Å². The molecule has 1 fully saturated rings. The molecule has 0 bridgehead atoms. The normalized spacial score (nSPS) is 24.5. The highest BCUT2D eigenvalue weighted by atomic mass is 19.1. The van der Waals surface area contributed by atoms with E-state index in [1.165, 1.54) is 6.07 Å². The van der Waals surface area contributed by atoms with Crippen molar-refractivity contribution in [2.24, 2.45) is 0 Å².